The Balaban J connectivity index is 2.50. The highest BCUT2D eigenvalue weighted by atomic mass is 79.9. The van der Waals surface area contributed by atoms with Crippen LogP contribution in [0, 0.1) is 11.8 Å². The molecule has 1 rings (SSSR count). The molecule has 1 aliphatic carbocycles. The molecule has 3 heteroatoms. The topological polar surface area (TPSA) is 34.1 Å². The van der Waals surface area contributed by atoms with Gasteiger partial charge in [-0.05, 0) is 19.3 Å². The molecule has 0 saturated heterocycles. The van der Waals surface area contributed by atoms with E-state index in [1.807, 2.05) is 0 Å². The van der Waals surface area contributed by atoms with Gasteiger partial charge in [0.15, 0.2) is 5.78 Å². The van der Waals surface area contributed by atoms with E-state index in [0.29, 0.717) is 5.33 Å². The molecule has 80 valence electrons. The quantitative estimate of drug-likeness (QED) is 0.521. The lowest BCUT2D eigenvalue weighted by molar-refractivity contribution is -0.132. The fourth-order valence-electron chi connectivity index (χ4n) is 1.62. The van der Waals surface area contributed by atoms with Crippen LogP contribution in [-0.2, 0) is 9.59 Å². The van der Waals surface area contributed by atoms with Crippen LogP contribution in [0.1, 0.15) is 39.0 Å². The Morgan fingerprint density at radius 3 is 2.50 bits per heavy atom. The number of halogens is 1. The van der Waals surface area contributed by atoms with Gasteiger partial charge in [0.1, 0.15) is 5.78 Å². The van der Waals surface area contributed by atoms with Crippen LogP contribution in [0.5, 0.6) is 0 Å². The molecule has 0 aromatic rings. The van der Waals surface area contributed by atoms with Crippen LogP contribution in [0.2, 0.25) is 0 Å². The van der Waals surface area contributed by atoms with Crippen LogP contribution >= 0.6 is 15.9 Å². The summed E-state index contributed by atoms with van der Waals surface area (Å²) in [5.41, 5.74) is 0. The van der Waals surface area contributed by atoms with Gasteiger partial charge in [0.05, 0.1) is 11.2 Å². The van der Waals surface area contributed by atoms with Crippen molar-refractivity contribution >= 4 is 27.5 Å². The number of hydrogen-bond donors (Lipinski definition) is 0. The first kappa shape index (κ1) is 11.9. The minimum atomic E-state index is -0.318. The molecule has 0 aliphatic heterocycles. The van der Waals surface area contributed by atoms with Gasteiger partial charge in [0, 0.05) is 5.92 Å². The van der Waals surface area contributed by atoms with Gasteiger partial charge >= 0.3 is 0 Å². The van der Waals surface area contributed by atoms with Crippen molar-refractivity contribution in [3.8, 4) is 0 Å². The van der Waals surface area contributed by atoms with Crippen molar-refractivity contribution < 1.29 is 9.59 Å². The minimum absolute atomic E-state index is 0.0651. The Labute approximate surface area is 93.6 Å². The summed E-state index contributed by atoms with van der Waals surface area (Å²) in [5.74, 6) is 0.153. The van der Waals surface area contributed by atoms with Gasteiger partial charge in [0.25, 0.3) is 0 Å². The first-order valence-corrected chi connectivity index (χ1v) is 6.45. The maximum Gasteiger partial charge on any atom is 0.153 e. The van der Waals surface area contributed by atoms with E-state index >= 15 is 0 Å². The van der Waals surface area contributed by atoms with Gasteiger partial charge in [-0.15, -0.1) is 0 Å². The Bertz CT molecular complexity index is 221. The molecule has 0 heterocycles. The molecule has 0 aromatic heterocycles. The average molecular weight is 261 g/mol. The molecule has 2 nitrogen and oxygen atoms in total. The Morgan fingerprint density at radius 1 is 1.43 bits per heavy atom. The van der Waals surface area contributed by atoms with Gasteiger partial charge < -0.3 is 0 Å². The van der Waals surface area contributed by atoms with E-state index in [4.69, 9.17) is 0 Å². The Morgan fingerprint density at radius 2 is 2.07 bits per heavy atom. The van der Waals surface area contributed by atoms with Crippen molar-refractivity contribution in [2.45, 2.75) is 39.0 Å². The van der Waals surface area contributed by atoms with Crippen LogP contribution in [0.3, 0.4) is 0 Å². The fourth-order valence-corrected chi connectivity index (χ4v) is 2.01. The molecule has 0 aromatic carbocycles. The van der Waals surface area contributed by atoms with Gasteiger partial charge in [-0.2, -0.15) is 0 Å². The highest BCUT2D eigenvalue weighted by Gasteiger charge is 2.37. The monoisotopic (exact) mass is 260 g/mol. The summed E-state index contributed by atoms with van der Waals surface area (Å²) in [7, 11) is 0. The lowest BCUT2D eigenvalue weighted by Crippen LogP contribution is -2.26. The second-order valence-corrected chi connectivity index (χ2v) is 4.53. The first-order chi connectivity index (χ1) is 6.70. The molecular formula is C11H17BrO2. The molecule has 0 bridgehead atoms. The van der Waals surface area contributed by atoms with Gasteiger partial charge in [-0.25, -0.2) is 0 Å². The number of hydrogen-bond acceptors (Lipinski definition) is 2. The van der Waals surface area contributed by atoms with Crippen LogP contribution in [0.15, 0.2) is 0 Å². The highest BCUT2D eigenvalue weighted by molar-refractivity contribution is 9.09. The molecule has 1 fully saturated rings. The summed E-state index contributed by atoms with van der Waals surface area (Å²) in [5, 5.41) is 0.319. The summed E-state index contributed by atoms with van der Waals surface area (Å²) >= 11 is 3.14. The molecule has 0 radical (unpaired) electrons. The molecule has 1 aliphatic rings. The van der Waals surface area contributed by atoms with E-state index in [0.717, 1.165) is 32.1 Å². The molecule has 1 atom stereocenters. The zero-order valence-electron chi connectivity index (χ0n) is 8.59. The first-order valence-electron chi connectivity index (χ1n) is 5.33. The zero-order valence-corrected chi connectivity index (χ0v) is 10.2. The number of carbonyl (C=O) groups is 2. The average Bonchev–Trinajstić information content (AvgIpc) is 3.00. The number of ketones is 2. The van der Waals surface area contributed by atoms with E-state index in [1.165, 1.54) is 0 Å². The Hall–Kier alpha value is -0.180. The third-order valence-electron chi connectivity index (χ3n) is 2.69. The van der Waals surface area contributed by atoms with Crippen molar-refractivity contribution in [2.75, 3.05) is 5.33 Å². The third-order valence-corrected chi connectivity index (χ3v) is 3.24. The van der Waals surface area contributed by atoms with E-state index in [1.54, 1.807) is 0 Å². The van der Waals surface area contributed by atoms with E-state index in [9.17, 15) is 9.59 Å². The highest BCUT2D eigenvalue weighted by Crippen LogP contribution is 2.34. The SMILES string of the molecule is CCCCC(C(=O)CBr)C(=O)C1CC1. The summed E-state index contributed by atoms with van der Waals surface area (Å²) in [6, 6.07) is 0. The zero-order chi connectivity index (χ0) is 10.6. The van der Waals surface area contributed by atoms with Gasteiger partial charge in [-0.1, -0.05) is 35.7 Å². The van der Waals surface area contributed by atoms with Crippen LogP contribution in [-0.4, -0.2) is 16.9 Å². The lowest BCUT2D eigenvalue weighted by Gasteiger charge is -2.12. The number of Topliss-reactive ketones (excluding diaryl/α,β-unsaturated/α-hetero) is 2. The number of rotatable bonds is 7. The summed E-state index contributed by atoms with van der Waals surface area (Å²) in [6.45, 7) is 2.08. The molecule has 0 spiro atoms. The summed E-state index contributed by atoms with van der Waals surface area (Å²) < 4.78 is 0. The molecule has 1 saturated carbocycles. The van der Waals surface area contributed by atoms with Crippen molar-refractivity contribution in [1.82, 2.24) is 0 Å². The maximum atomic E-state index is 11.8. The van der Waals surface area contributed by atoms with Crippen molar-refractivity contribution in [2.24, 2.45) is 11.8 Å². The van der Waals surface area contributed by atoms with Crippen LogP contribution in [0.4, 0.5) is 0 Å². The normalized spacial score (nSPS) is 17.9. The molecule has 0 amide bonds. The molecule has 14 heavy (non-hydrogen) atoms. The predicted octanol–water partition coefficient (Wildman–Crippen LogP) is 2.74. The summed E-state index contributed by atoms with van der Waals surface area (Å²) in [4.78, 5) is 23.3. The van der Waals surface area contributed by atoms with E-state index in [-0.39, 0.29) is 23.4 Å². The van der Waals surface area contributed by atoms with Crippen molar-refractivity contribution in [1.29, 1.82) is 0 Å². The fraction of sp³-hybridized carbons (Fsp3) is 0.818. The second kappa shape index (κ2) is 5.64. The Kier molecular flexibility index (Phi) is 4.79. The van der Waals surface area contributed by atoms with Crippen molar-refractivity contribution in [3.05, 3.63) is 0 Å². The maximum absolute atomic E-state index is 11.8. The van der Waals surface area contributed by atoms with Crippen molar-refractivity contribution in [3.63, 3.8) is 0 Å². The van der Waals surface area contributed by atoms with Gasteiger partial charge in [0.2, 0.25) is 0 Å². The number of unbranched alkanes of at least 4 members (excludes halogenated alkanes) is 1. The lowest BCUT2D eigenvalue weighted by atomic mass is 9.91. The smallest absolute Gasteiger partial charge is 0.153 e. The standard InChI is InChI=1S/C11H17BrO2/c1-2-3-4-9(10(13)7-12)11(14)8-5-6-8/h8-9H,2-7H2,1H3. The number of alkyl halides is 1. The molecule has 0 N–H and O–H groups in total. The summed E-state index contributed by atoms with van der Waals surface area (Å²) in [6.07, 6.45) is 4.76. The van der Waals surface area contributed by atoms with Gasteiger partial charge in [-0.3, -0.25) is 9.59 Å². The van der Waals surface area contributed by atoms with E-state index in [2.05, 4.69) is 22.9 Å². The number of carbonyl (C=O) groups excluding carboxylic acids is 2. The largest absolute Gasteiger partial charge is 0.299 e. The minimum Gasteiger partial charge on any atom is -0.299 e. The third kappa shape index (κ3) is 3.19. The van der Waals surface area contributed by atoms with Crippen LogP contribution in [0.25, 0.3) is 0 Å². The predicted molar refractivity (Wildman–Crippen MR) is 59.5 cm³/mol. The second-order valence-electron chi connectivity index (χ2n) is 3.97. The van der Waals surface area contributed by atoms with Crippen LogP contribution < -0.4 is 0 Å². The molecule has 1 unspecified atom stereocenters. The van der Waals surface area contributed by atoms with E-state index < -0.39 is 0 Å². The molecular weight excluding hydrogens is 244 g/mol.